The summed E-state index contributed by atoms with van der Waals surface area (Å²) in [7, 11) is 0. The lowest BCUT2D eigenvalue weighted by Crippen LogP contribution is -2.42. The number of pyridine rings is 1. The molecule has 170 valence electrons. The quantitative estimate of drug-likeness (QED) is 0.416. The molecule has 1 atom stereocenters. The van der Waals surface area contributed by atoms with Crippen molar-refractivity contribution in [3.05, 3.63) is 92.2 Å². The average Bonchev–Trinajstić information content (AvgIpc) is 2.74. The highest BCUT2D eigenvalue weighted by atomic mass is 35.5. The molecule has 7 nitrogen and oxygen atoms in total. The van der Waals surface area contributed by atoms with Crippen LogP contribution in [0.25, 0.3) is 0 Å². The van der Waals surface area contributed by atoms with Gasteiger partial charge in [-0.2, -0.15) is 0 Å². The molecule has 0 aliphatic heterocycles. The third kappa shape index (κ3) is 6.01. The Balaban J connectivity index is 1.70. The third-order valence-electron chi connectivity index (χ3n) is 4.78. The molecule has 0 aliphatic carbocycles. The number of amides is 2. The Labute approximate surface area is 204 Å². The molecule has 0 radical (unpaired) electrons. The second kappa shape index (κ2) is 10.7. The SMILES string of the molecule is Cc1cccc(Cl)c1C(=O)NC(Cc1ccc(NC(=O)c2c(Cl)cncc2Cl)cc1)C(=O)O. The second-order valence-corrected chi connectivity index (χ2v) is 8.35. The van der Waals surface area contributed by atoms with Gasteiger partial charge in [-0.3, -0.25) is 14.6 Å². The molecule has 0 aliphatic rings. The number of carbonyl (C=O) groups is 3. The number of nitrogens with zero attached hydrogens (tertiary/aromatic N) is 1. The maximum absolute atomic E-state index is 12.6. The van der Waals surface area contributed by atoms with Crippen LogP contribution in [0.4, 0.5) is 5.69 Å². The maximum Gasteiger partial charge on any atom is 0.326 e. The number of hydrogen-bond donors (Lipinski definition) is 3. The van der Waals surface area contributed by atoms with E-state index in [-0.39, 0.29) is 32.6 Å². The lowest BCUT2D eigenvalue weighted by Gasteiger charge is -2.16. The average molecular weight is 507 g/mol. The zero-order chi connectivity index (χ0) is 24.1. The van der Waals surface area contributed by atoms with Crippen LogP contribution >= 0.6 is 34.8 Å². The summed E-state index contributed by atoms with van der Waals surface area (Å²) < 4.78 is 0. The predicted molar refractivity (Wildman–Crippen MR) is 127 cm³/mol. The number of carbonyl (C=O) groups excluding carboxylic acids is 2. The molecule has 1 unspecified atom stereocenters. The minimum absolute atomic E-state index is 0.0286. The number of nitrogens with one attached hydrogen (secondary N) is 2. The summed E-state index contributed by atoms with van der Waals surface area (Å²) in [5, 5.41) is 15.2. The van der Waals surface area contributed by atoms with Crippen LogP contribution in [-0.2, 0) is 11.2 Å². The van der Waals surface area contributed by atoms with Gasteiger partial charge in [0.15, 0.2) is 0 Å². The molecular weight excluding hydrogens is 489 g/mol. The van der Waals surface area contributed by atoms with Crippen molar-refractivity contribution < 1.29 is 19.5 Å². The van der Waals surface area contributed by atoms with E-state index in [1.54, 1.807) is 49.4 Å². The Kier molecular flexibility index (Phi) is 7.92. The number of aryl methyl sites for hydroxylation is 1. The first-order valence-corrected chi connectivity index (χ1v) is 10.8. The molecule has 3 aromatic rings. The molecular formula is C23H18Cl3N3O4. The molecule has 0 spiro atoms. The van der Waals surface area contributed by atoms with Gasteiger partial charge in [0.1, 0.15) is 6.04 Å². The highest BCUT2D eigenvalue weighted by Crippen LogP contribution is 2.24. The number of aromatic nitrogens is 1. The van der Waals surface area contributed by atoms with E-state index in [4.69, 9.17) is 34.8 Å². The smallest absolute Gasteiger partial charge is 0.326 e. The minimum Gasteiger partial charge on any atom is -0.480 e. The van der Waals surface area contributed by atoms with Crippen molar-refractivity contribution in [1.82, 2.24) is 10.3 Å². The Morgan fingerprint density at radius 1 is 0.909 bits per heavy atom. The molecule has 0 saturated heterocycles. The van der Waals surface area contributed by atoms with Crippen LogP contribution in [0.1, 0.15) is 31.8 Å². The number of carboxylic acid groups (broad SMARTS) is 1. The van der Waals surface area contributed by atoms with Crippen LogP contribution in [0.3, 0.4) is 0 Å². The fourth-order valence-corrected chi connectivity index (χ4v) is 3.98. The standard InChI is InChI=1S/C23H18Cl3N3O4/c1-12-3-2-4-15(24)19(12)21(30)29-18(23(32)33)9-13-5-7-14(8-6-13)28-22(31)20-16(25)10-27-11-17(20)26/h2-8,10-11,18H,9H2,1H3,(H,28,31)(H,29,30)(H,32,33). The van der Waals surface area contributed by atoms with E-state index in [1.807, 2.05) is 0 Å². The van der Waals surface area contributed by atoms with Crippen molar-refractivity contribution in [2.24, 2.45) is 0 Å². The van der Waals surface area contributed by atoms with Gasteiger partial charge in [-0.15, -0.1) is 0 Å². The number of carboxylic acids is 1. The Bertz CT molecular complexity index is 1180. The van der Waals surface area contributed by atoms with E-state index < -0.39 is 23.8 Å². The molecule has 0 bridgehead atoms. The number of anilines is 1. The summed E-state index contributed by atoms with van der Waals surface area (Å²) >= 11 is 18.1. The summed E-state index contributed by atoms with van der Waals surface area (Å²) in [6, 6.07) is 10.3. The summed E-state index contributed by atoms with van der Waals surface area (Å²) in [5.74, 6) is -2.26. The van der Waals surface area contributed by atoms with Crippen molar-refractivity contribution in [3.8, 4) is 0 Å². The first kappa shape index (κ1) is 24.5. The van der Waals surface area contributed by atoms with Crippen LogP contribution in [0.15, 0.2) is 54.9 Å². The molecule has 2 amide bonds. The normalized spacial score (nSPS) is 11.5. The zero-order valence-corrected chi connectivity index (χ0v) is 19.5. The Hall–Kier alpha value is -3.13. The fourth-order valence-electron chi connectivity index (χ4n) is 3.13. The van der Waals surface area contributed by atoms with Crippen molar-refractivity contribution >= 4 is 58.3 Å². The van der Waals surface area contributed by atoms with Crippen LogP contribution in [0, 0.1) is 6.92 Å². The number of aliphatic carboxylic acids is 1. The van der Waals surface area contributed by atoms with Gasteiger partial charge in [0.05, 0.1) is 26.2 Å². The first-order chi connectivity index (χ1) is 15.7. The lowest BCUT2D eigenvalue weighted by molar-refractivity contribution is -0.139. The highest BCUT2D eigenvalue weighted by molar-refractivity contribution is 6.40. The van der Waals surface area contributed by atoms with Crippen molar-refractivity contribution in [2.45, 2.75) is 19.4 Å². The van der Waals surface area contributed by atoms with Crippen LogP contribution in [-0.4, -0.2) is 33.9 Å². The van der Waals surface area contributed by atoms with Crippen molar-refractivity contribution in [1.29, 1.82) is 0 Å². The van der Waals surface area contributed by atoms with Gasteiger partial charge in [0.2, 0.25) is 0 Å². The Morgan fingerprint density at radius 2 is 1.55 bits per heavy atom. The molecule has 0 fully saturated rings. The topological polar surface area (TPSA) is 108 Å². The van der Waals surface area contributed by atoms with Crippen LogP contribution < -0.4 is 10.6 Å². The molecule has 3 rings (SSSR count). The zero-order valence-electron chi connectivity index (χ0n) is 17.2. The number of hydrogen-bond acceptors (Lipinski definition) is 4. The molecule has 0 saturated carbocycles. The molecule has 3 N–H and O–H groups in total. The summed E-state index contributed by atoms with van der Waals surface area (Å²) in [4.78, 5) is 40.6. The van der Waals surface area contributed by atoms with E-state index in [1.165, 1.54) is 12.4 Å². The fraction of sp³-hybridized carbons (Fsp3) is 0.130. The van der Waals surface area contributed by atoms with Gasteiger partial charge in [-0.1, -0.05) is 59.1 Å². The van der Waals surface area contributed by atoms with Crippen molar-refractivity contribution in [3.63, 3.8) is 0 Å². The summed E-state index contributed by atoms with van der Waals surface area (Å²) in [5.41, 5.74) is 2.06. The van der Waals surface area contributed by atoms with Crippen LogP contribution in [0.2, 0.25) is 15.1 Å². The second-order valence-electron chi connectivity index (χ2n) is 7.13. The van der Waals surface area contributed by atoms with Gasteiger partial charge in [-0.05, 0) is 36.2 Å². The van der Waals surface area contributed by atoms with Crippen molar-refractivity contribution in [2.75, 3.05) is 5.32 Å². The number of rotatable bonds is 7. The molecule has 2 aromatic carbocycles. The first-order valence-electron chi connectivity index (χ1n) is 9.65. The number of halogens is 3. The van der Waals surface area contributed by atoms with Gasteiger partial charge >= 0.3 is 5.97 Å². The van der Waals surface area contributed by atoms with E-state index in [2.05, 4.69) is 15.6 Å². The maximum atomic E-state index is 12.6. The molecule has 1 heterocycles. The Morgan fingerprint density at radius 3 is 2.12 bits per heavy atom. The van der Waals surface area contributed by atoms with E-state index in [0.29, 0.717) is 16.8 Å². The predicted octanol–water partition coefficient (Wildman–Crippen LogP) is 5.03. The molecule has 1 aromatic heterocycles. The van der Waals surface area contributed by atoms with Gasteiger partial charge in [-0.25, -0.2) is 4.79 Å². The van der Waals surface area contributed by atoms with E-state index in [0.717, 1.165) is 0 Å². The van der Waals surface area contributed by atoms with Crippen LogP contribution in [0.5, 0.6) is 0 Å². The van der Waals surface area contributed by atoms with E-state index in [9.17, 15) is 19.5 Å². The van der Waals surface area contributed by atoms with Gasteiger partial charge in [0, 0.05) is 24.5 Å². The summed E-state index contributed by atoms with van der Waals surface area (Å²) in [6.45, 7) is 1.72. The van der Waals surface area contributed by atoms with Gasteiger partial charge < -0.3 is 15.7 Å². The lowest BCUT2D eigenvalue weighted by atomic mass is 10.0. The molecule has 33 heavy (non-hydrogen) atoms. The largest absolute Gasteiger partial charge is 0.480 e. The third-order valence-corrected chi connectivity index (χ3v) is 5.67. The summed E-state index contributed by atoms with van der Waals surface area (Å²) in [6.07, 6.45) is 2.66. The van der Waals surface area contributed by atoms with Gasteiger partial charge in [0.25, 0.3) is 11.8 Å². The highest BCUT2D eigenvalue weighted by Gasteiger charge is 2.23. The molecule has 10 heteroatoms. The minimum atomic E-state index is -1.19. The number of benzene rings is 2. The monoisotopic (exact) mass is 505 g/mol. The van der Waals surface area contributed by atoms with E-state index >= 15 is 0 Å².